The fraction of sp³-hybridized carbons (Fsp3) is 0.308. The summed E-state index contributed by atoms with van der Waals surface area (Å²) in [7, 11) is 0. The number of hydrogen-bond donors (Lipinski definition) is 1. The Balaban J connectivity index is 0.00000259. The Labute approximate surface area is 198 Å². The minimum atomic E-state index is -0.230. The number of nitrogens with one attached hydrogen (secondary N) is 1. The van der Waals surface area contributed by atoms with E-state index in [1.54, 1.807) is 24.3 Å². The highest BCUT2D eigenvalue weighted by Crippen LogP contribution is 2.42. The molecule has 3 aromatic rings. The summed E-state index contributed by atoms with van der Waals surface area (Å²) in [6.45, 7) is 2.17. The first kappa shape index (κ1) is 22.8. The third kappa shape index (κ3) is 4.06. The van der Waals surface area contributed by atoms with Gasteiger partial charge in [0, 0.05) is 17.1 Å². The molecular formula is C26H24ClFN4O. The summed E-state index contributed by atoms with van der Waals surface area (Å²) in [5, 5.41) is 12.1. The van der Waals surface area contributed by atoms with Gasteiger partial charge in [-0.25, -0.2) is 9.18 Å². The highest BCUT2D eigenvalue weighted by molar-refractivity contribution is 5.95. The van der Waals surface area contributed by atoms with Crippen LogP contribution in [0.25, 0.3) is 16.6 Å². The number of halogens is 2. The molecule has 1 N–H and O–H groups in total. The molecule has 0 bridgehead atoms. The third-order valence-electron chi connectivity index (χ3n) is 7.03. The van der Waals surface area contributed by atoms with Crippen molar-refractivity contribution in [1.82, 2.24) is 10.4 Å². The molecule has 0 amide bonds. The first-order valence-corrected chi connectivity index (χ1v) is 11.0. The Morgan fingerprint density at radius 2 is 1.94 bits per heavy atom. The molecule has 33 heavy (non-hydrogen) atoms. The molecule has 1 aliphatic heterocycles. The van der Waals surface area contributed by atoms with Crippen molar-refractivity contribution in [2.24, 2.45) is 5.92 Å². The van der Waals surface area contributed by atoms with E-state index in [1.165, 1.54) is 11.6 Å². The number of pyridine rings is 1. The number of carbonyl (C=O) groups excluding carboxylic acids is 1. The molecule has 0 radical (unpaired) electrons. The minimum absolute atomic E-state index is 0. The lowest BCUT2D eigenvalue weighted by Gasteiger charge is -2.37. The summed E-state index contributed by atoms with van der Waals surface area (Å²) < 4.78 is 13.9. The van der Waals surface area contributed by atoms with Crippen LogP contribution in [0.5, 0.6) is 0 Å². The second-order valence-electron chi connectivity index (χ2n) is 8.72. The molecule has 1 saturated carbocycles. The topological polar surface area (TPSA) is 69.0 Å². The quantitative estimate of drug-likeness (QED) is 0.518. The zero-order valence-electron chi connectivity index (χ0n) is 18.2. The second kappa shape index (κ2) is 9.23. The van der Waals surface area contributed by atoms with Crippen LogP contribution in [0.4, 0.5) is 10.1 Å². The number of benzene rings is 2. The molecule has 2 aromatic carbocycles. The third-order valence-corrected chi connectivity index (χ3v) is 7.03. The molecule has 1 atom stereocenters. The lowest BCUT2D eigenvalue weighted by molar-refractivity contribution is 0.279. The van der Waals surface area contributed by atoms with Crippen LogP contribution in [0, 0.1) is 23.1 Å². The van der Waals surface area contributed by atoms with E-state index in [4.69, 9.17) is 0 Å². The molecule has 0 saturated heterocycles. The van der Waals surface area contributed by atoms with Crippen LogP contribution in [0.1, 0.15) is 55.2 Å². The van der Waals surface area contributed by atoms with Crippen molar-refractivity contribution >= 4 is 40.6 Å². The Bertz CT molecular complexity index is 1290. The van der Waals surface area contributed by atoms with Crippen molar-refractivity contribution in [3.63, 3.8) is 0 Å². The molecule has 2 aliphatic rings. The Morgan fingerprint density at radius 3 is 2.67 bits per heavy atom. The van der Waals surface area contributed by atoms with Gasteiger partial charge in [-0.05, 0) is 92.5 Å². The standard InChI is InChI=1S/C26H23FN4O.ClH/c1-16(31-26-9-2-17(14-28)12-23(26)25(15-32)30-31)18-3-5-19(6-4-18)21-10-11-29-24-8-7-20(27)13-22(21)24;/h2,7-13,16,18-19,30H,3-6H2,1H3;1H/t16-,18?,19?;/m1./s1. The molecule has 5 rings (SSSR count). The summed E-state index contributed by atoms with van der Waals surface area (Å²) in [5.74, 6) is 2.57. The van der Waals surface area contributed by atoms with Gasteiger partial charge in [-0.1, -0.05) is 0 Å². The Kier molecular flexibility index (Phi) is 6.37. The van der Waals surface area contributed by atoms with E-state index in [2.05, 4.69) is 23.4 Å². The average molecular weight is 463 g/mol. The van der Waals surface area contributed by atoms with E-state index in [9.17, 15) is 14.4 Å². The summed E-state index contributed by atoms with van der Waals surface area (Å²) in [6, 6.07) is 14.5. The van der Waals surface area contributed by atoms with Crippen molar-refractivity contribution in [3.05, 3.63) is 71.2 Å². The van der Waals surface area contributed by atoms with Gasteiger partial charge in [-0.15, -0.1) is 12.4 Å². The summed E-state index contributed by atoms with van der Waals surface area (Å²) in [6.07, 6.45) is 5.94. The normalized spacial score (nSPS) is 20.3. The largest absolute Gasteiger partial charge is 0.287 e. The van der Waals surface area contributed by atoms with Crippen molar-refractivity contribution in [1.29, 1.82) is 5.26 Å². The number of nitriles is 1. The summed E-state index contributed by atoms with van der Waals surface area (Å²) in [5.41, 5.74) is 7.75. The maximum atomic E-state index is 13.9. The van der Waals surface area contributed by atoms with Gasteiger partial charge in [0.25, 0.3) is 0 Å². The summed E-state index contributed by atoms with van der Waals surface area (Å²) in [4.78, 5) is 15.9. The molecule has 5 nitrogen and oxygen atoms in total. The lowest BCUT2D eigenvalue weighted by Crippen LogP contribution is -2.44. The molecule has 168 valence electrons. The van der Waals surface area contributed by atoms with Gasteiger partial charge in [0.1, 0.15) is 11.5 Å². The van der Waals surface area contributed by atoms with Crippen LogP contribution in [-0.4, -0.2) is 17.0 Å². The van der Waals surface area contributed by atoms with Gasteiger partial charge < -0.3 is 0 Å². The van der Waals surface area contributed by atoms with E-state index >= 15 is 0 Å². The molecular weight excluding hydrogens is 439 g/mol. The van der Waals surface area contributed by atoms with Gasteiger partial charge >= 0.3 is 0 Å². The molecule has 1 aliphatic carbocycles. The van der Waals surface area contributed by atoms with Gasteiger partial charge in [0.2, 0.25) is 0 Å². The van der Waals surface area contributed by atoms with E-state index in [0.717, 1.165) is 47.8 Å². The van der Waals surface area contributed by atoms with Gasteiger partial charge in [0.05, 0.1) is 28.9 Å². The van der Waals surface area contributed by atoms with Crippen molar-refractivity contribution < 1.29 is 9.18 Å². The monoisotopic (exact) mass is 462 g/mol. The van der Waals surface area contributed by atoms with E-state index < -0.39 is 0 Å². The highest BCUT2D eigenvalue weighted by atomic mass is 35.5. The Morgan fingerprint density at radius 1 is 1.15 bits per heavy atom. The number of fused-ring (bicyclic) bond motifs is 2. The number of rotatable bonds is 3. The minimum Gasteiger partial charge on any atom is -0.287 e. The fourth-order valence-electron chi connectivity index (χ4n) is 5.27. The predicted octanol–water partition coefficient (Wildman–Crippen LogP) is 5.53. The van der Waals surface area contributed by atoms with E-state index in [0.29, 0.717) is 23.1 Å². The Hall–Kier alpha value is -3.39. The number of anilines is 1. The number of hydrogen-bond acceptors (Lipinski definition) is 5. The van der Waals surface area contributed by atoms with Crippen LogP contribution in [-0.2, 0) is 4.79 Å². The first-order valence-electron chi connectivity index (χ1n) is 11.0. The van der Waals surface area contributed by atoms with Gasteiger partial charge in [-0.3, -0.25) is 15.4 Å². The fourth-order valence-corrected chi connectivity index (χ4v) is 5.27. The number of hydrazine groups is 1. The second-order valence-corrected chi connectivity index (χ2v) is 8.72. The molecule has 1 aromatic heterocycles. The zero-order chi connectivity index (χ0) is 22.2. The van der Waals surface area contributed by atoms with Crippen LogP contribution < -0.4 is 10.4 Å². The average Bonchev–Trinajstić information content (AvgIpc) is 3.21. The maximum absolute atomic E-state index is 13.9. The van der Waals surface area contributed by atoms with Crippen molar-refractivity contribution in [2.75, 3.05) is 5.01 Å². The van der Waals surface area contributed by atoms with E-state index in [1.807, 2.05) is 29.3 Å². The predicted molar refractivity (Wildman–Crippen MR) is 129 cm³/mol. The van der Waals surface area contributed by atoms with Crippen LogP contribution >= 0.6 is 12.4 Å². The van der Waals surface area contributed by atoms with Crippen LogP contribution in [0.2, 0.25) is 0 Å². The lowest BCUT2D eigenvalue weighted by atomic mass is 9.75. The highest BCUT2D eigenvalue weighted by Gasteiger charge is 2.34. The number of nitrogens with zero attached hydrogens (tertiary/aromatic N) is 3. The smallest absolute Gasteiger partial charge is 0.152 e. The first-order chi connectivity index (χ1) is 15.6. The van der Waals surface area contributed by atoms with Gasteiger partial charge in [-0.2, -0.15) is 5.26 Å². The molecule has 0 spiro atoms. The zero-order valence-corrected chi connectivity index (χ0v) is 19.0. The summed E-state index contributed by atoms with van der Waals surface area (Å²) >= 11 is 0. The van der Waals surface area contributed by atoms with Crippen LogP contribution in [0.15, 0.2) is 48.7 Å². The SMILES string of the molecule is C[C@H](C1CCC(c2ccnc3ccc(F)cc23)CC1)N1NC(=C=O)c2cc(C#N)ccc21.Cl. The van der Waals surface area contributed by atoms with Crippen LogP contribution in [0.3, 0.4) is 0 Å². The number of aromatic nitrogens is 1. The van der Waals surface area contributed by atoms with Crippen molar-refractivity contribution in [2.45, 2.75) is 44.6 Å². The molecule has 1 fully saturated rings. The maximum Gasteiger partial charge on any atom is 0.152 e. The van der Waals surface area contributed by atoms with Gasteiger partial charge in [0.15, 0.2) is 5.94 Å². The van der Waals surface area contributed by atoms with Crippen molar-refractivity contribution in [3.8, 4) is 6.07 Å². The molecule has 7 heteroatoms. The molecule has 0 unspecified atom stereocenters. The molecule has 2 heterocycles. The van der Waals surface area contributed by atoms with E-state index in [-0.39, 0.29) is 24.3 Å².